The molecule has 1 saturated carbocycles. The monoisotopic (exact) mass is 557 g/mol. The molecule has 0 spiro atoms. The molecule has 8 nitrogen and oxygen atoms in total. The number of amides is 2. The molecule has 2 fully saturated rings. The molecule has 0 unspecified atom stereocenters. The van der Waals surface area contributed by atoms with E-state index < -0.39 is 0 Å². The van der Waals surface area contributed by atoms with Gasteiger partial charge in [0.05, 0.1) is 0 Å². The molecule has 2 amide bonds. The minimum absolute atomic E-state index is 0.0839. The second kappa shape index (κ2) is 12.6. The van der Waals surface area contributed by atoms with Crippen LogP contribution in [-0.2, 0) is 12.0 Å². The second-order valence-corrected chi connectivity index (χ2v) is 12.6. The van der Waals surface area contributed by atoms with Crippen LogP contribution in [0.4, 0.5) is 5.69 Å². The van der Waals surface area contributed by atoms with Crippen molar-refractivity contribution in [3.8, 4) is 11.3 Å². The molecule has 0 atom stereocenters. The van der Waals surface area contributed by atoms with E-state index in [9.17, 15) is 9.59 Å². The SMILES string of the molecule is Cc1ccc(NC(=O)c2cc(CN3CCNCC3)cc(C(C)(C)C)c2)cc1-c1cc(C(=O)NC2CCCCC2)on1. The summed E-state index contributed by atoms with van der Waals surface area (Å²) in [5.74, 6) is -0.177. The summed E-state index contributed by atoms with van der Waals surface area (Å²) >= 11 is 0. The third-order valence-electron chi connectivity index (χ3n) is 8.18. The van der Waals surface area contributed by atoms with Gasteiger partial charge in [-0.25, -0.2) is 0 Å². The molecule has 1 aliphatic heterocycles. The summed E-state index contributed by atoms with van der Waals surface area (Å²) in [5.41, 5.74) is 5.87. The normalized spacial score (nSPS) is 16.9. The van der Waals surface area contributed by atoms with Crippen LogP contribution < -0.4 is 16.0 Å². The summed E-state index contributed by atoms with van der Waals surface area (Å²) in [7, 11) is 0. The molecule has 1 saturated heterocycles. The first-order valence-electron chi connectivity index (χ1n) is 14.9. The molecule has 0 radical (unpaired) electrons. The molecule has 0 bridgehead atoms. The van der Waals surface area contributed by atoms with Gasteiger partial charge in [0.1, 0.15) is 5.69 Å². The number of rotatable bonds is 7. The lowest BCUT2D eigenvalue weighted by Crippen LogP contribution is -2.42. The molecule has 2 heterocycles. The number of nitrogens with zero attached hydrogens (tertiary/aromatic N) is 2. The number of aromatic nitrogens is 1. The number of hydrogen-bond acceptors (Lipinski definition) is 6. The van der Waals surface area contributed by atoms with E-state index in [1.54, 1.807) is 6.07 Å². The average molecular weight is 558 g/mol. The Morgan fingerprint density at radius 2 is 1.76 bits per heavy atom. The van der Waals surface area contributed by atoms with Crippen LogP contribution in [0.2, 0.25) is 0 Å². The maximum Gasteiger partial charge on any atom is 0.290 e. The molecule has 1 aromatic heterocycles. The maximum atomic E-state index is 13.5. The van der Waals surface area contributed by atoms with E-state index in [1.807, 2.05) is 37.3 Å². The van der Waals surface area contributed by atoms with Gasteiger partial charge < -0.3 is 20.5 Å². The van der Waals surface area contributed by atoms with Gasteiger partial charge in [-0.1, -0.05) is 57.3 Å². The van der Waals surface area contributed by atoms with E-state index in [0.717, 1.165) is 80.7 Å². The third-order valence-corrected chi connectivity index (χ3v) is 8.18. The van der Waals surface area contributed by atoms with Gasteiger partial charge in [0.15, 0.2) is 0 Å². The molecule has 2 aromatic carbocycles. The van der Waals surface area contributed by atoms with Gasteiger partial charge in [-0.05, 0) is 66.1 Å². The lowest BCUT2D eigenvalue weighted by Gasteiger charge is -2.28. The molecular formula is C33H43N5O3. The number of piperazine rings is 1. The fraction of sp³-hybridized carbons (Fsp3) is 0.485. The van der Waals surface area contributed by atoms with Crippen molar-refractivity contribution in [2.45, 2.75) is 77.8 Å². The van der Waals surface area contributed by atoms with Gasteiger partial charge in [0.2, 0.25) is 5.76 Å². The van der Waals surface area contributed by atoms with Crippen LogP contribution in [0.15, 0.2) is 47.0 Å². The highest BCUT2D eigenvalue weighted by atomic mass is 16.5. The zero-order chi connectivity index (χ0) is 29.0. The van der Waals surface area contributed by atoms with E-state index in [2.05, 4.69) is 52.8 Å². The lowest BCUT2D eigenvalue weighted by atomic mass is 9.85. The topological polar surface area (TPSA) is 99.5 Å². The fourth-order valence-electron chi connectivity index (χ4n) is 5.67. The molecule has 41 heavy (non-hydrogen) atoms. The fourth-order valence-corrected chi connectivity index (χ4v) is 5.67. The highest BCUT2D eigenvalue weighted by Gasteiger charge is 2.22. The van der Waals surface area contributed by atoms with E-state index in [-0.39, 0.29) is 29.0 Å². The first-order valence-corrected chi connectivity index (χ1v) is 14.9. The van der Waals surface area contributed by atoms with Gasteiger partial charge in [-0.3, -0.25) is 14.5 Å². The van der Waals surface area contributed by atoms with E-state index in [0.29, 0.717) is 16.9 Å². The van der Waals surface area contributed by atoms with Crippen LogP contribution in [0.3, 0.4) is 0 Å². The van der Waals surface area contributed by atoms with Crippen LogP contribution in [0.25, 0.3) is 11.3 Å². The number of benzene rings is 2. The highest BCUT2D eigenvalue weighted by molar-refractivity contribution is 6.05. The standard InChI is InChI=1S/C33H43N5O3/c1-22-10-11-27(19-28(22)29-20-30(41-37-29)32(40)35-26-8-6-5-7-9-26)36-31(39)24-16-23(17-25(18-24)33(2,3)4)21-38-14-12-34-13-15-38/h10-11,16-20,26,34H,5-9,12-15,21H2,1-4H3,(H,35,40)(H,36,39). The molecule has 5 rings (SSSR count). The lowest BCUT2D eigenvalue weighted by molar-refractivity contribution is 0.0890. The smallest absolute Gasteiger partial charge is 0.290 e. The summed E-state index contributed by atoms with van der Waals surface area (Å²) in [5, 5.41) is 13.8. The van der Waals surface area contributed by atoms with Gasteiger partial charge in [-0.2, -0.15) is 0 Å². The quantitative estimate of drug-likeness (QED) is 0.346. The molecule has 3 aromatic rings. The molecule has 2 aliphatic rings. The van der Waals surface area contributed by atoms with Crippen LogP contribution in [0.1, 0.15) is 90.5 Å². The zero-order valence-corrected chi connectivity index (χ0v) is 24.8. The van der Waals surface area contributed by atoms with Crippen molar-refractivity contribution in [3.63, 3.8) is 0 Å². The molecule has 8 heteroatoms. The first-order chi connectivity index (χ1) is 19.7. The van der Waals surface area contributed by atoms with Crippen molar-refractivity contribution >= 4 is 17.5 Å². The van der Waals surface area contributed by atoms with E-state index in [4.69, 9.17) is 4.52 Å². The third kappa shape index (κ3) is 7.43. The van der Waals surface area contributed by atoms with E-state index in [1.165, 1.54) is 6.42 Å². The molecule has 3 N–H and O–H groups in total. The predicted molar refractivity (Wildman–Crippen MR) is 162 cm³/mol. The average Bonchev–Trinajstić information content (AvgIpc) is 3.45. The van der Waals surface area contributed by atoms with E-state index >= 15 is 0 Å². The van der Waals surface area contributed by atoms with Crippen molar-refractivity contribution in [1.29, 1.82) is 0 Å². The number of carbonyl (C=O) groups is 2. The minimum Gasteiger partial charge on any atom is -0.350 e. The molecular weight excluding hydrogens is 514 g/mol. The molecule has 1 aliphatic carbocycles. The van der Waals surface area contributed by atoms with Crippen LogP contribution in [-0.4, -0.2) is 54.1 Å². The second-order valence-electron chi connectivity index (χ2n) is 12.6. The number of aryl methyl sites for hydroxylation is 1. The number of hydrogen-bond donors (Lipinski definition) is 3. The van der Waals surface area contributed by atoms with Crippen molar-refractivity contribution in [1.82, 2.24) is 20.7 Å². The van der Waals surface area contributed by atoms with Crippen molar-refractivity contribution in [2.24, 2.45) is 0 Å². The van der Waals surface area contributed by atoms with Crippen molar-refractivity contribution in [3.05, 3.63) is 70.5 Å². The van der Waals surface area contributed by atoms with Gasteiger partial charge in [0, 0.05) is 61.6 Å². The summed E-state index contributed by atoms with van der Waals surface area (Å²) in [4.78, 5) is 28.7. The Labute approximate surface area is 243 Å². The summed E-state index contributed by atoms with van der Waals surface area (Å²) < 4.78 is 5.43. The summed E-state index contributed by atoms with van der Waals surface area (Å²) in [6, 6.07) is 13.8. The maximum absolute atomic E-state index is 13.5. The van der Waals surface area contributed by atoms with Gasteiger partial charge >= 0.3 is 0 Å². The summed E-state index contributed by atoms with van der Waals surface area (Å²) in [6.45, 7) is 13.3. The van der Waals surface area contributed by atoms with Crippen molar-refractivity contribution < 1.29 is 14.1 Å². The Hall–Kier alpha value is -3.49. The first kappa shape index (κ1) is 29.0. The molecule has 218 valence electrons. The Morgan fingerprint density at radius 1 is 1.00 bits per heavy atom. The Balaban J connectivity index is 1.33. The Kier molecular flexibility index (Phi) is 8.90. The Bertz CT molecular complexity index is 1380. The number of anilines is 1. The number of carbonyl (C=O) groups excluding carboxylic acids is 2. The van der Waals surface area contributed by atoms with Crippen LogP contribution in [0.5, 0.6) is 0 Å². The summed E-state index contributed by atoms with van der Waals surface area (Å²) in [6.07, 6.45) is 5.52. The largest absolute Gasteiger partial charge is 0.350 e. The van der Waals surface area contributed by atoms with Crippen molar-refractivity contribution in [2.75, 3.05) is 31.5 Å². The van der Waals surface area contributed by atoms with Gasteiger partial charge in [-0.15, -0.1) is 0 Å². The van der Waals surface area contributed by atoms with Gasteiger partial charge in [0.25, 0.3) is 11.8 Å². The predicted octanol–water partition coefficient (Wildman–Crippen LogP) is 5.67. The minimum atomic E-state index is -0.229. The number of nitrogens with one attached hydrogen (secondary N) is 3. The zero-order valence-electron chi connectivity index (χ0n) is 24.8. The van der Waals surface area contributed by atoms with Crippen LogP contribution in [0, 0.1) is 6.92 Å². The highest BCUT2D eigenvalue weighted by Crippen LogP contribution is 2.29. The van der Waals surface area contributed by atoms with Crippen LogP contribution >= 0.6 is 0 Å². The Morgan fingerprint density at radius 3 is 2.49 bits per heavy atom.